The molecule has 0 atom stereocenters. The van der Waals surface area contributed by atoms with Gasteiger partial charge in [-0.05, 0) is 60.7 Å². The van der Waals surface area contributed by atoms with E-state index in [1.54, 1.807) is 12.4 Å². The third-order valence-electron chi connectivity index (χ3n) is 2.83. The zero-order valence-electron chi connectivity index (χ0n) is 15.9. The van der Waals surface area contributed by atoms with Crippen molar-refractivity contribution in [3.05, 3.63) is 65.5 Å². The summed E-state index contributed by atoms with van der Waals surface area (Å²) < 4.78 is 52.2. The molecule has 0 bridgehead atoms. The van der Waals surface area contributed by atoms with Crippen molar-refractivity contribution < 1.29 is 27.0 Å². The Balaban J connectivity index is 0.000000477. The number of aromatic nitrogens is 1. The molecule has 0 amide bonds. The van der Waals surface area contributed by atoms with E-state index in [4.69, 9.17) is 22.1 Å². The normalized spacial score (nSPS) is 9.47. The first kappa shape index (κ1) is 27.5. The fraction of sp³-hybridized carbons (Fsp3) is 0.235. The molecule has 1 heterocycles. The van der Waals surface area contributed by atoms with Crippen molar-refractivity contribution in [2.75, 3.05) is 6.61 Å². The number of thiocarbonyl (C=S) groups is 2. The Morgan fingerprint density at radius 2 is 1.87 bits per heavy atom. The second kappa shape index (κ2) is 16.3. The third kappa shape index (κ3) is 15.4. The molecule has 166 valence electrons. The van der Waals surface area contributed by atoms with E-state index < -0.39 is 27.7 Å². The van der Waals surface area contributed by atoms with Crippen LogP contribution in [0.1, 0.15) is 18.1 Å². The molecule has 2 rings (SSSR count). The van der Waals surface area contributed by atoms with Gasteiger partial charge in [0.05, 0.1) is 6.61 Å². The summed E-state index contributed by atoms with van der Waals surface area (Å²) in [5.74, 6) is -1.93. The van der Waals surface area contributed by atoms with Crippen LogP contribution in [0, 0.1) is 11.6 Å². The Kier molecular flexibility index (Phi) is 15.0. The number of hydrogen-bond acceptors (Lipinski definition) is 6. The van der Waals surface area contributed by atoms with Crippen LogP contribution >= 0.6 is 24.4 Å². The van der Waals surface area contributed by atoms with Crippen LogP contribution in [0.2, 0.25) is 0 Å². The lowest BCUT2D eigenvalue weighted by atomic mass is 10.2. The van der Waals surface area contributed by atoms with E-state index in [1.165, 1.54) is 6.07 Å². The van der Waals surface area contributed by atoms with Crippen LogP contribution in [0.25, 0.3) is 0 Å². The van der Waals surface area contributed by atoms with E-state index in [9.17, 15) is 17.2 Å². The van der Waals surface area contributed by atoms with Crippen LogP contribution in [0.4, 0.5) is 8.78 Å². The van der Waals surface area contributed by atoms with Crippen molar-refractivity contribution in [1.82, 2.24) is 15.0 Å². The van der Waals surface area contributed by atoms with Gasteiger partial charge in [-0.25, -0.2) is 21.9 Å². The number of nitrogens with two attached hydrogens (primary N) is 1. The van der Waals surface area contributed by atoms with Gasteiger partial charge < -0.3 is 20.9 Å². The molecule has 0 saturated carbocycles. The second-order valence-electron chi connectivity index (χ2n) is 5.11. The summed E-state index contributed by atoms with van der Waals surface area (Å²) >= 11 is 8.77. The van der Waals surface area contributed by atoms with Crippen molar-refractivity contribution in [2.24, 2.45) is 5.73 Å². The van der Waals surface area contributed by atoms with E-state index in [2.05, 4.69) is 33.0 Å². The van der Waals surface area contributed by atoms with E-state index in [0.717, 1.165) is 17.7 Å². The lowest BCUT2D eigenvalue weighted by molar-refractivity contribution is 0.320. The average Bonchev–Trinajstić information content (AvgIpc) is 2.68. The third-order valence-corrected chi connectivity index (χ3v) is 3.51. The summed E-state index contributed by atoms with van der Waals surface area (Å²) in [6.07, 6.45) is 3.53. The molecule has 30 heavy (non-hydrogen) atoms. The number of rotatable bonds is 6. The van der Waals surface area contributed by atoms with Crippen molar-refractivity contribution in [2.45, 2.75) is 20.0 Å². The van der Waals surface area contributed by atoms with Crippen molar-refractivity contribution >= 4 is 45.7 Å². The molecular formula is C17H22F2N4O4S3. The number of ether oxygens (including phenoxy) is 1. The predicted octanol–water partition coefficient (Wildman–Crippen LogP) is 1.86. The molecule has 0 aliphatic carbocycles. The van der Waals surface area contributed by atoms with Crippen molar-refractivity contribution in [3.63, 3.8) is 0 Å². The molecular weight excluding hydrogens is 458 g/mol. The Hall–Kier alpha value is -2.48. The minimum absolute atomic E-state index is 0.0318. The number of hydrogen-bond donors (Lipinski definition) is 5. The molecule has 0 radical (unpaired) electrons. The molecule has 0 aliphatic rings. The number of nitrogens with one attached hydrogen (secondary N) is 2. The first-order valence-corrected chi connectivity index (χ1v) is 10.2. The number of benzene rings is 1. The fourth-order valence-electron chi connectivity index (χ4n) is 1.66. The number of nitrogens with zero attached hydrogens (tertiary/aromatic N) is 1. The van der Waals surface area contributed by atoms with Gasteiger partial charge in [0.15, 0.2) is 11.6 Å². The summed E-state index contributed by atoms with van der Waals surface area (Å²) in [7, 11) is -2.71. The van der Waals surface area contributed by atoms with Gasteiger partial charge in [-0.3, -0.25) is 4.98 Å². The second-order valence-corrected chi connectivity index (χ2v) is 6.73. The Morgan fingerprint density at radius 1 is 1.20 bits per heavy atom. The minimum atomic E-state index is -2.71. The van der Waals surface area contributed by atoms with E-state index in [-0.39, 0.29) is 6.54 Å². The standard InChI is InChI=1S/C9H12N2OS.C7H7F2NO2S.CH3NOS/c1-2-12-9(13)11-7-8-4-3-5-10-6-8;8-6-2-1-5(3-7(6)9)4-10-13(11)12;2-1(3)4/h3-6H,2,7H2,1H3,(H,11,13);1-3,13H,4H2,(H,10,11,12);(H3,2,3,4). The molecule has 13 heteroatoms. The highest BCUT2D eigenvalue weighted by Gasteiger charge is 2.01. The van der Waals surface area contributed by atoms with Crippen LogP contribution < -0.4 is 15.8 Å². The number of halogens is 2. The minimum Gasteiger partial charge on any atom is -0.487 e. The van der Waals surface area contributed by atoms with Gasteiger partial charge in [-0.1, -0.05) is 12.1 Å². The fourth-order valence-corrected chi connectivity index (χ4v) is 2.17. The smallest absolute Gasteiger partial charge is 0.256 e. The summed E-state index contributed by atoms with van der Waals surface area (Å²) in [4.78, 5) is 3.98. The summed E-state index contributed by atoms with van der Waals surface area (Å²) in [6, 6.07) is 7.07. The summed E-state index contributed by atoms with van der Waals surface area (Å²) in [6.45, 7) is 3.12. The Morgan fingerprint density at radius 3 is 2.37 bits per heavy atom. The van der Waals surface area contributed by atoms with E-state index >= 15 is 0 Å². The van der Waals surface area contributed by atoms with Crippen LogP contribution in [0.5, 0.6) is 0 Å². The number of aliphatic hydroxyl groups excluding tert-OH is 1. The van der Waals surface area contributed by atoms with Crippen LogP contribution in [-0.2, 0) is 28.7 Å². The summed E-state index contributed by atoms with van der Waals surface area (Å²) in [5, 5.41) is 10.5. The maximum Gasteiger partial charge on any atom is 0.256 e. The molecule has 0 spiro atoms. The van der Waals surface area contributed by atoms with Crippen LogP contribution in [-0.4, -0.2) is 35.5 Å². The highest BCUT2D eigenvalue weighted by molar-refractivity contribution is 7.80. The van der Waals surface area contributed by atoms with E-state index in [0.29, 0.717) is 23.9 Å². The number of aliphatic hydroxyl groups is 1. The quantitative estimate of drug-likeness (QED) is 0.311. The molecule has 2 aromatic rings. The lowest BCUT2D eigenvalue weighted by Crippen LogP contribution is -2.23. The SMILES string of the molecule is CCOC(=S)NCc1cccnc1.NC(O)=S.O=[SH](=O)NCc1ccc(F)c(F)c1. The molecule has 0 fully saturated rings. The van der Waals surface area contributed by atoms with Gasteiger partial charge in [0.2, 0.25) is 10.9 Å². The Bertz CT molecular complexity index is 859. The van der Waals surface area contributed by atoms with Crippen LogP contribution in [0.15, 0.2) is 42.7 Å². The topological polar surface area (TPSA) is 127 Å². The highest BCUT2D eigenvalue weighted by Crippen LogP contribution is 2.08. The first-order chi connectivity index (χ1) is 14.1. The predicted molar refractivity (Wildman–Crippen MR) is 118 cm³/mol. The van der Waals surface area contributed by atoms with Gasteiger partial charge >= 0.3 is 0 Å². The van der Waals surface area contributed by atoms with Crippen molar-refractivity contribution in [3.8, 4) is 0 Å². The highest BCUT2D eigenvalue weighted by atomic mass is 32.2. The molecule has 8 nitrogen and oxygen atoms in total. The molecule has 0 aliphatic heterocycles. The maximum atomic E-state index is 12.5. The average molecular weight is 481 g/mol. The zero-order valence-corrected chi connectivity index (χ0v) is 18.4. The molecule has 1 aromatic heterocycles. The van der Waals surface area contributed by atoms with Gasteiger partial charge in [-0.2, -0.15) is 0 Å². The maximum absolute atomic E-state index is 12.5. The van der Waals surface area contributed by atoms with Gasteiger partial charge in [0, 0.05) is 25.5 Å². The largest absolute Gasteiger partial charge is 0.487 e. The van der Waals surface area contributed by atoms with E-state index in [1.807, 2.05) is 19.1 Å². The van der Waals surface area contributed by atoms with Gasteiger partial charge in [-0.15, -0.1) is 0 Å². The molecule has 5 N–H and O–H groups in total. The van der Waals surface area contributed by atoms with Gasteiger partial charge in [0.1, 0.15) is 0 Å². The molecule has 1 aromatic carbocycles. The summed E-state index contributed by atoms with van der Waals surface area (Å²) in [5.41, 5.74) is 5.86. The van der Waals surface area contributed by atoms with Crippen LogP contribution in [0.3, 0.4) is 0 Å². The van der Waals surface area contributed by atoms with Crippen molar-refractivity contribution in [1.29, 1.82) is 0 Å². The number of pyridine rings is 1. The monoisotopic (exact) mass is 480 g/mol. The van der Waals surface area contributed by atoms with Gasteiger partial charge in [0.25, 0.3) is 10.3 Å². The zero-order chi connectivity index (χ0) is 22.9. The first-order valence-electron chi connectivity index (χ1n) is 8.25. The Labute approximate surface area is 185 Å². The molecule has 0 saturated heterocycles. The molecule has 0 unspecified atom stereocenters. The lowest BCUT2D eigenvalue weighted by Gasteiger charge is -2.06. The number of thiol groups is 1.